The highest BCUT2D eigenvalue weighted by Crippen LogP contribution is 2.26. The van der Waals surface area contributed by atoms with E-state index in [1.807, 2.05) is 23.1 Å². The lowest BCUT2D eigenvalue weighted by atomic mass is 9.97. The number of amides is 1. The van der Waals surface area contributed by atoms with Crippen molar-refractivity contribution in [3.05, 3.63) is 70.1 Å². The molecule has 154 valence electrons. The van der Waals surface area contributed by atoms with Gasteiger partial charge in [-0.05, 0) is 23.1 Å². The van der Waals surface area contributed by atoms with E-state index >= 15 is 0 Å². The van der Waals surface area contributed by atoms with Crippen molar-refractivity contribution in [3.8, 4) is 0 Å². The van der Waals surface area contributed by atoms with Crippen LogP contribution in [0, 0.1) is 0 Å². The zero-order valence-electron chi connectivity index (χ0n) is 15.9. The summed E-state index contributed by atoms with van der Waals surface area (Å²) in [6, 6.07) is 7.03. The Hall–Kier alpha value is -3.95. The molecule has 2 aliphatic heterocycles. The predicted octanol–water partition coefficient (Wildman–Crippen LogP) is 0.190. The third-order valence-corrected chi connectivity index (χ3v) is 5.03. The molecule has 10 heteroatoms. The minimum absolute atomic E-state index is 0.0197. The summed E-state index contributed by atoms with van der Waals surface area (Å²) in [6.45, 7) is 1.56. The Balaban J connectivity index is 1.45. The molecule has 0 aliphatic carbocycles. The Morgan fingerprint density at radius 2 is 2.00 bits per heavy atom. The van der Waals surface area contributed by atoms with Gasteiger partial charge in [-0.2, -0.15) is 0 Å². The van der Waals surface area contributed by atoms with Crippen molar-refractivity contribution in [2.75, 3.05) is 13.2 Å². The maximum absolute atomic E-state index is 12.3. The van der Waals surface area contributed by atoms with Crippen molar-refractivity contribution < 1.29 is 24.2 Å². The number of nitrogens with one attached hydrogen (secondary N) is 1. The fraction of sp³-hybridized carbons (Fsp3) is 0.250. The average molecular weight is 409 g/mol. The third-order valence-electron chi connectivity index (χ3n) is 5.03. The van der Waals surface area contributed by atoms with Gasteiger partial charge in [0.1, 0.15) is 24.3 Å². The molecule has 0 bridgehead atoms. The van der Waals surface area contributed by atoms with Crippen LogP contribution in [-0.4, -0.2) is 51.0 Å². The minimum atomic E-state index is -1.23. The summed E-state index contributed by atoms with van der Waals surface area (Å²) < 4.78 is 5.00. The smallest absolute Gasteiger partial charge is 0.356 e. The molecule has 2 aromatic rings. The molecule has 0 saturated heterocycles. The van der Waals surface area contributed by atoms with Gasteiger partial charge in [-0.25, -0.2) is 19.6 Å². The van der Waals surface area contributed by atoms with Gasteiger partial charge >= 0.3 is 11.9 Å². The molecule has 0 fully saturated rings. The number of esters is 1. The lowest BCUT2D eigenvalue weighted by molar-refractivity contribution is -0.137. The lowest BCUT2D eigenvalue weighted by Gasteiger charge is -2.30. The number of aromatic nitrogens is 2. The van der Waals surface area contributed by atoms with Crippen molar-refractivity contribution in [3.63, 3.8) is 0 Å². The van der Waals surface area contributed by atoms with E-state index in [1.54, 1.807) is 0 Å². The summed E-state index contributed by atoms with van der Waals surface area (Å²) in [7, 11) is 0. The fourth-order valence-corrected chi connectivity index (χ4v) is 3.53. The second-order valence-corrected chi connectivity index (χ2v) is 7.00. The first-order valence-electron chi connectivity index (χ1n) is 9.27. The third kappa shape index (κ3) is 3.79. The van der Waals surface area contributed by atoms with Crippen LogP contribution in [0.3, 0.4) is 0 Å². The highest BCUT2D eigenvalue weighted by atomic mass is 16.5. The maximum Gasteiger partial charge on any atom is 0.356 e. The Bertz CT molecular complexity index is 1080. The van der Waals surface area contributed by atoms with Gasteiger partial charge in [0.15, 0.2) is 5.69 Å². The Morgan fingerprint density at radius 3 is 2.73 bits per heavy atom. The van der Waals surface area contributed by atoms with Crippen LogP contribution in [0.2, 0.25) is 0 Å². The summed E-state index contributed by atoms with van der Waals surface area (Å²) in [5, 5.41) is 11.7. The van der Waals surface area contributed by atoms with Crippen LogP contribution in [0.4, 0.5) is 0 Å². The molecule has 10 nitrogen and oxygen atoms in total. The van der Waals surface area contributed by atoms with Crippen molar-refractivity contribution in [1.29, 1.82) is 0 Å². The number of ether oxygens (including phenoxy) is 1. The summed E-state index contributed by atoms with van der Waals surface area (Å²) in [5.74, 6) is -2.12. The topological polar surface area (TPSA) is 148 Å². The molecule has 1 aromatic carbocycles. The number of carbonyl (C=O) groups is 3. The summed E-state index contributed by atoms with van der Waals surface area (Å²) in [6.07, 6.45) is 1.81. The molecule has 4 N–H and O–H groups in total. The zero-order chi connectivity index (χ0) is 21.3. The van der Waals surface area contributed by atoms with Gasteiger partial charge in [0.05, 0.1) is 5.70 Å². The Morgan fingerprint density at radius 1 is 1.20 bits per heavy atom. The van der Waals surface area contributed by atoms with E-state index in [-0.39, 0.29) is 24.5 Å². The number of rotatable bonds is 5. The van der Waals surface area contributed by atoms with Crippen molar-refractivity contribution in [2.24, 2.45) is 5.73 Å². The number of carboxylic acids is 1. The first-order chi connectivity index (χ1) is 14.4. The lowest BCUT2D eigenvalue weighted by Crippen LogP contribution is -2.33. The maximum atomic E-state index is 12.3. The van der Waals surface area contributed by atoms with E-state index in [2.05, 4.69) is 15.3 Å². The number of benzene rings is 1. The summed E-state index contributed by atoms with van der Waals surface area (Å²) >= 11 is 0. The molecular weight excluding hydrogens is 390 g/mol. The number of cyclic esters (lactones) is 1. The summed E-state index contributed by atoms with van der Waals surface area (Å²) in [5.41, 5.74) is 9.60. The number of nitrogens with zero attached hydrogens (tertiary/aromatic N) is 3. The van der Waals surface area contributed by atoms with Crippen LogP contribution in [0.25, 0.3) is 0 Å². The van der Waals surface area contributed by atoms with Gasteiger partial charge in [-0.1, -0.05) is 18.2 Å². The van der Waals surface area contributed by atoms with Gasteiger partial charge in [-0.15, -0.1) is 0 Å². The molecule has 2 aliphatic rings. The van der Waals surface area contributed by atoms with Gasteiger partial charge in [-0.3, -0.25) is 4.79 Å². The van der Waals surface area contributed by atoms with Crippen LogP contribution in [0.1, 0.15) is 37.7 Å². The van der Waals surface area contributed by atoms with Crippen molar-refractivity contribution in [1.82, 2.24) is 20.2 Å². The Labute approximate surface area is 171 Å². The van der Waals surface area contributed by atoms with E-state index in [1.165, 1.54) is 5.56 Å². The summed E-state index contributed by atoms with van der Waals surface area (Å²) in [4.78, 5) is 44.6. The molecule has 0 unspecified atom stereocenters. The second kappa shape index (κ2) is 7.82. The average Bonchev–Trinajstić information content (AvgIpc) is 3.09. The van der Waals surface area contributed by atoms with Gasteiger partial charge < -0.3 is 25.8 Å². The molecule has 3 heterocycles. The molecule has 30 heavy (non-hydrogen) atoms. The first-order valence-corrected chi connectivity index (χ1v) is 9.27. The number of nitrogens with two attached hydrogens (primary N) is 1. The fourth-order valence-electron chi connectivity index (χ4n) is 3.53. The second-order valence-electron chi connectivity index (χ2n) is 7.00. The quantitative estimate of drug-likeness (QED) is 0.589. The number of fused-ring (bicyclic) bond motifs is 1. The van der Waals surface area contributed by atoms with Gasteiger partial charge in [0.25, 0.3) is 5.91 Å². The molecule has 0 saturated carbocycles. The molecule has 1 aromatic heterocycles. The van der Waals surface area contributed by atoms with Crippen LogP contribution >= 0.6 is 0 Å². The SMILES string of the molecule is NC1=C(N2CCc3ccc(CNC(=O)c4cc(C(=O)O)ncn4)cc3C2)C(=O)OC1. The number of carbonyl (C=O) groups excluding carboxylic acids is 2. The normalized spacial score (nSPS) is 15.6. The largest absolute Gasteiger partial charge is 0.477 e. The zero-order valence-corrected chi connectivity index (χ0v) is 15.9. The van der Waals surface area contributed by atoms with Gasteiger partial charge in [0.2, 0.25) is 0 Å². The van der Waals surface area contributed by atoms with Crippen molar-refractivity contribution in [2.45, 2.75) is 19.5 Å². The predicted molar refractivity (Wildman–Crippen MR) is 103 cm³/mol. The van der Waals surface area contributed by atoms with Gasteiger partial charge in [0, 0.05) is 25.7 Å². The van der Waals surface area contributed by atoms with E-state index in [4.69, 9.17) is 15.6 Å². The number of hydrogen-bond donors (Lipinski definition) is 3. The van der Waals surface area contributed by atoms with E-state index in [0.717, 1.165) is 29.9 Å². The Kier molecular flexibility index (Phi) is 5.05. The van der Waals surface area contributed by atoms with Crippen molar-refractivity contribution >= 4 is 17.8 Å². The number of hydrogen-bond acceptors (Lipinski definition) is 8. The van der Waals surface area contributed by atoms with Crippen LogP contribution in [0.5, 0.6) is 0 Å². The minimum Gasteiger partial charge on any atom is -0.477 e. The standard InChI is InChI=1S/C20H19N5O5/c21-14-9-30-20(29)17(14)25-4-3-12-2-1-11(5-13(12)8-25)7-22-18(26)15-6-16(19(27)28)24-10-23-15/h1-2,5-6,10H,3-4,7-9,21H2,(H,22,26)(H,27,28). The number of aromatic carboxylic acids is 1. The molecule has 4 rings (SSSR count). The molecule has 1 amide bonds. The first kappa shape index (κ1) is 19.4. The highest BCUT2D eigenvalue weighted by molar-refractivity contribution is 5.94. The van der Waals surface area contributed by atoms with E-state index in [0.29, 0.717) is 24.5 Å². The molecular formula is C20H19N5O5. The van der Waals surface area contributed by atoms with Crippen LogP contribution in [0.15, 0.2) is 42.0 Å². The monoisotopic (exact) mass is 409 g/mol. The molecule has 0 radical (unpaired) electrons. The molecule has 0 spiro atoms. The van der Waals surface area contributed by atoms with Crippen LogP contribution < -0.4 is 11.1 Å². The molecule has 0 atom stereocenters. The number of carboxylic acid groups (broad SMARTS) is 1. The van der Waals surface area contributed by atoms with Crippen LogP contribution in [-0.2, 0) is 29.0 Å². The van der Waals surface area contributed by atoms with E-state index in [9.17, 15) is 14.4 Å². The van der Waals surface area contributed by atoms with E-state index < -0.39 is 17.8 Å². The highest BCUT2D eigenvalue weighted by Gasteiger charge is 2.30.